The van der Waals surface area contributed by atoms with Gasteiger partial charge in [0, 0.05) is 30.6 Å². The number of nitriles is 1. The maximum Gasteiger partial charge on any atom is 0.248 e. The molecule has 2 aromatic carbocycles. The highest BCUT2D eigenvalue weighted by Crippen LogP contribution is 2.32. The molecule has 168 valence electrons. The van der Waals surface area contributed by atoms with Gasteiger partial charge in [-0.2, -0.15) is 15.3 Å². The molecule has 2 aromatic heterocycles. The number of halogens is 1. The first-order valence-corrected chi connectivity index (χ1v) is 10.0. The second-order valence-corrected chi connectivity index (χ2v) is 7.34. The first-order chi connectivity index (χ1) is 16.3. The summed E-state index contributed by atoms with van der Waals surface area (Å²) < 4.78 is 16.3. The molecule has 0 fully saturated rings. The van der Waals surface area contributed by atoms with Crippen LogP contribution in [0.25, 0.3) is 16.7 Å². The predicted molar refractivity (Wildman–Crippen MR) is 127 cm³/mol. The summed E-state index contributed by atoms with van der Waals surface area (Å²) in [5.74, 6) is -0.717. The molecule has 0 aliphatic rings. The number of carbonyl (C=O) groups is 1. The first kappa shape index (κ1) is 22.2. The minimum absolute atomic E-state index is 0.0528. The molecule has 0 radical (unpaired) electrons. The smallest absolute Gasteiger partial charge is 0.248 e. The number of nitrogens with zero attached hydrogens (tertiary/aromatic N) is 5. The Hall–Kier alpha value is -5.04. The molecular weight excluding hydrogens is 435 g/mol. The summed E-state index contributed by atoms with van der Waals surface area (Å²) in [6, 6.07) is 13.0. The Labute approximate surface area is 194 Å². The van der Waals surface area contributed by atoms with E-state index in [1.807, 2.05) is 0 Å². The average Bonchev–Trinajstić information content (AvgIpc) is 3.24. The number of nitrogens with two attached hydrogens (primary N) is 1. The average molecular weight is 454 g/mol. The Bertz CT molecular complexity index is 1440. The summed E-state index contributed by atoms with van der Waals surface area (Å²) in [5, 5.41) is 19.2. The molecule has 4 rings (SSSR count). The van der Waals surface area contributed by atoms with E-state index >= 15 is 0 Å². The summed E-state index contributed by atoms with van der Waals surface area (Å²) in [6.45, 7) is 3.65. The number of primary amides is 1. The van der Waals surface area contributed by atoms with Gasteiger partial charge in [-0.3, -0.25) is 9.48 Å². The first-order valence-electron chi connectivity index (χ1n) is 10.0. The number of nitrogens with one attached hydrogen (secondary N) is 2. The van der Waals surface area contributed by atoms with E-state index in [9.17, 15) is 9.18 Å². The molecule has 0 unspecified atom stereocenters. The number of rotatable bonds is 7. The molecule has 34 heavy (non-hydrogen) atoms. The monoisotopic (exact) mass is 454 g/mol. The van der Waals surface area contributed by atoms with E-state index in [0.717, 1.165) is 0 Å². The highest BCUT2D eigenvalue weighted by molar-refractivity contribution is 6.18. The molecule has 0 atom stereocenters. The maximum atomic E-state index is 14.7. The van der Waals surface area contributed by atoms with Crippen molar-refractivity contribution in [2.75, 3.05) is 10.6 Å². The summed E-state index contributed by atoms with van der Waals surface area (Å²) in [5.41, 5.74) is 8.27. The van der Waals surface area contributed by atoms with Crippen LogP contribution in [0.5, 0.6) is 0 Å². The van der Waals surface area contributed by atoms with E-state index in [-0.39, 0.29) is 17.2 Å². The van der Waals surface area contributed by atoms with Gasteiger partial charge in [0.15, 0.2) is 0 Å². The van der Waals surface area contributed by atoms with Gasteiger partial charge in [0.05, 0.1) is 29.2 Å². The van der Waals surface area contributed by atoms with Crippen LogP contribution in [0, 0.1) is 17.1 Å². The third-order valence-corrected chi connectivity index (χ3v) is 4.94. The number of anilines is 4. The quantitative estimate of drug-likeness (QED) is 0.361. The van der Waals surface area contributed by atoms with E-state index < -0.39 is 11.7 Å². The van der Waals surface area contributed by atoms with Gasteiger partial charge >= 0.3 is 0 Å². The molecule has 4 N–H and O–H groups in total. The molecule has 0 spiro atoms. The minimum atomic E-state index is -0.708. The number of amides is 1. The number of hydrogen-bond acceptors (Lipinski definition) is 7. The fourth-order valence-electron chi connectivity index (χ4n) is 3.17. The summed E-state index contributed by atoms with van der Waals surface area (Å²) in [7, 11) is 1.78. The van der Waals surface area contributed by atoms with E-state index in [2.05, 4.69) is 38.3 Å². The van der Waals surface area contributed by atoms with Crippen molar-refractivity contribution in [2.24, 2.45) is 12.8 Å². The predicted octanol–water partition coefficient (Wildman–Crippen LogP) is 3.87. The normalized spacial score (nSPS) is 10.4. The van der Waals surface area contributed by atoms with Gasteiger partial charge in [-0.15, -0.1) is 0 Å². The molecule has 0 aliphatic heterocycles. The van der Waals surface area contributed by atoms with Gasteiger partial charge in [0.1, 0.15) is 11.6 Å². The molecule has 0 saturated heterocycles. The molecule has 0 aliphatic carbocycles. The zero-order valence-electron chi connectivity index (χ0n) is 18.1. The van der Waals surface area contributed by atoms with Crippen molar-refractivity contribution in [3.05, 3.63) is 84.6 Å². The number of aromatic nitrogens is 4. The molecule has 0 saturated carbocycles. The maximum absolute atomic E-state index is 14.7. The van der Waals surface area contributed by atoms with E-state index in [1.165, 1.54) is 18.2 Å². The summed E-state index contributed by atoms with van der Waals surface area (Å²) >= 11 is 0. The van der Waals surface area contributed by atoms with Crippen LogP contribution in [0.2, 0.25) is 0 Å². The number of carbonyl (C=O) groups excluding carboxylic acids is 1. The molecule has 9 nitrogen and oxygen atoms in total. The van der Waals surface area contributed by atoms with Crippen LogP contribution in [0.4, 0.5) is 27.5 Å². The topological polar surface area (TPSA) is 135 Å². The van der Waals surface area contributed by atoms with Crippen molar-refractivity contribution >= 4 is 34.6 Å². The van der Waals surface area contributed by atoms with Gasteiger partial charge < -0.3 is 16.4 Å². The molecule has 2 heterocycles. The molecule has 4 aromatic rings. The molecule has 0 bridgehead atoms. The van der Waals surface area contributed by atoms with Crippen molar-refractivity contribution in [3.8, 4) is 17.2 Å². The van der Waals surface area contributed by atoms with Crippen molar-refractivity contribution in [2.45, 2.75) is 0 Å². The summed E-state index contributed by atoms with van der Waals surface area (Å²) in [4.78, 5) is 20.4. The van der Waals surface area contributed by atoms with Crippen LogP contribution in [0.1, 0.15) is 11.1 Å². The van der Waals surface area contributed by atoms with Crippen LogP contribution in [0.15, 0.2) is 67.6 Å². The lowest BCUT2D eigenvalue weighted by molar-refractivity contribution is -0.112. The van der Waals surface area contributed by atoms with Crippen molar-refractivity contribution in [3.63, 3.8) is 0 Å². The van der Waals surface area contributed by atoms with Gasteiger partial charge in [-0.05, 0) is 35.4 Å². The SMILES string of the molecule is C=C(C(N)=O)c1ccc(F)c(Nc2nc(Nc3cnn(C)c3)ncc2-c2ccc(C#N)cc2)c1. The third-order valence-electron chi connectivity index (χ3n) is 4.94. The highest BCUT2D eigenvalue weighted by Gasteiger charge is 2.15. The van der Waals surface area contributed by atoms with Crippen molar-refractivity contribution in [1.29, 1.82) is 5.26 Å². The largest absolute Gasteiger partial charge is 0.366 e. The lowest BCUT2D eigenvalue weighted by Crippen LogP contribution is -2.12. The van der Waals surface area contributed by atoms with Gasteiger partial charge in [-0.25, -0.2) is 9.37 Å². The Balaban J connectivity index is 1.77. The van der Waals surface area contributed by atoms with Crippen molar-refractivity contribution < 1.29 is 9.18 Å². The van der Waals surface area contributed by atoms with E-state index in [4.69, 9.17) is 11.0 Å². The van der Waals surface area contributed by atoms with Crippen LogP contribution >= 0.6 is 0 Å². The fourth-order valence-corrected chi connectivity index (χ4v) is 3.17. The van der Waals surface area contributed by atoms with Gasteiger partial charge in [0.2, 0.25) is 11.9 Å². The fraction of sp³-hybridized carbons (Fsp3) is 0.0417. The standard InChI is InChI=1S/C24H19FN8O/c1-14(22(27)34)17-7-8-20(25)21(9-17)31-23-19(16-5-3-15(10-26)4-6-16)12-28-24(32-23)30-18-11-29-33(2)13-18/h3-9,11-13H,1H2,2H3,(H2,27,34)(H2,28,30,31,32). The van der Waals surface area contributed by atoms with Gasteiger partial charge in [-0.1, -0.05) is 24.8 Å². The Morgan fingerprint density at radius 1 is 1.18 bits per heavy atom. The molecule has 10 heteroatoms. The number of aryl methyl sites for hydroxylation is 1. The van der Waals surface area contributed by atoms with Crippen molar-refractivity contribution in [1.82, 2.24) is 19.7 Å². The Morgan fingerprint density at radius 3 is 2.59 bits per heavy atom. The highest BCUT2D eigenvalue weighted by atomic mass is 19.1. The van der Waals surface area contributed by atoms with Crippen LogP contribution < -0.4 is 16.4 Å². The molecule has 1 amide bonds. The van der Waals surface area contributed by atoms with E-state index in [1.54, 1.807) is 54.6 Å². The number of benzene rings is 2. The lowest BCUT2D eigenvalue weighted by atomic mass is 10.0. The van der Waals surface area contributed by atoms with Gasteiger partial charge in [0.25, 0.3) is 0 Å². The van der Waals surface area contributed by atoms with E-state index in [0.29, 0.717) is 33.8 Å². The third kappa shape index (κ3) is 4.73. The Kier molecular flexibility index (Phi) is 6.01. The van der Waals surface area contributed by atoms with Crippen LogP contribution in [-0.2, 0) is 11.8 Å². The van der Waals surface area contributed by atoms with Crippen LogP contribution in [-0.4, -0.2) is 25.7 Å². The second kappa shape index (κ2) is 9.22. The minimum Gasteiger partial charge on any atom is -0.366 e. The second-order valence-electron chi connectivity index (χ2n) is 7.34. The molecular formula is C24H19FN8O. The number of hydrogen-bond donors (Lipinski definition) is 3. The zero-order valence-corrected chi connectivity index (χ0v) is 18.1. The summed E-state index contributed by atoms with van der Waals surface area (Å²) in [6.07, 6.45) is 4.95. The Morgan fingerprint density at radius 2 is 1.94 bits per heavy atom. The zero-order chi connectivity index (χ0) is 24.2. The van der Waals surface area contributed by atoms with Crippen LogP contribution in [0.3, 0.4) is 0 Å². The lowest BCUT2D eigenvalue weighted by Gasteiger charge is -2.14.